The van der Waals surface area contributed by atoms with Crippen molar-refractivity contribution in [2.24, 2.45) is 0 Å². The van der Waals surface area contributed by atoms with Crippen LogP contribution in [-0.2, 0) is 4.74 Å². The van der Waals surface area contributed by atoms with Crippen molar-refractivity contribution in [3.63, 3.8) is 0 Å². The summed E-state index contributed by atoms with van der Waals surface area (Å²) in [5.41, 5.74) is 2.20. The van der Waals surface area contributed by atoms with Gasteiger partial charge in [-0.1, -0.05) is 12.1 Å². The molecule has 1 aromatic carbocycles. The number of anilines is 1. The van der Waals surface area contributed by atoms with Crippen LogP contribution in [0.2, 0.25) is 0 Å². The zero-order chi connectivity index (χ0) is 15.6. The Hall–Kier alpha value is -2.86. The molecule has 0 bridgehead atoms. The van der Waals surface area contributed by atoms with Crippen molar-refractivity contribution in [2.75, 3.05) is 19.0 Å². The van der Waals surface area contributed by atoms with E-state index in [1.54, 1.807) is 13.4 Å². The molecule has 4 rings (SSSR count). The lowest BCUT2D eigenvalue weighted by atomic mass is 10.2. The average Bonchev–Trinajstić information content (AvgIpc) is 3.23. The van der Waals surface area contributed by atoms with Crippen molar-refractivity contribution in [1.82, 2.24) is 9.97 Å². The number of hydrogen-bond donors (Lipinski definition) is 1. The number of rotatable bonds is 5. The molecular weight excluding hydrogens is 294 g/mol. The number of methoxy groups -OCH3 is 1. The van der Waals surface area contributed by atoms with Gasteiger partial charge in [0.05, 0.1) is 12.9 Å². The summed E-state index contributed by atoms with van der Waals surface area (Å²) in [6.07, 6.45) is 3.16. The fourth-order valence-corrected chi connectivity index (χ4v) is 2.64. The van der Waals surface area contributed by atoms with Gasteiger partial charge in [-0.3, -0.25) is 0 Å². The Morgan fingerprint density at radius 2 is 2.09 bits per heavy atom. The Morgan fingerprint density at radius 1 is 1.17 bits per heavy atom. The van der Waals surface area contributed by atoms with Gasteiger partial charge in [0.1, 0.15) is 29.2 Å². The molecular formula is C17H15N3O3. The van der Waals surface area contributed by atoms with Crippen LogP contribution in [-0.4, -0.2) is 23.7 Å². The van der Waals surface area contributed by atoms with Crippen molar-refractivity contribution in [1.29, 1.82) is 0 Å². The Kier molecular flexibility index (Phi) is 3.44. The Balaban J connectivity index is 1.79. The summed E-state index contributed by atoms with van der Waals surface area (Å²) in [6.45, 7) is 0.444. The van der Waals surface area contributed by atoms with E-state index in [-0.39, 0.29) is 6.04 Å². The number of fused-ring (bicyclic) bond motifs is 3. The molecule has 0 radical (unpaired) electrons. The molecule has 1 atom stereocenters. The van der Waals surface area contributed by atoms with Crippen LogP contribution in [0.15, 0.2) is 57.8 Å². The topological polar surface area (TPSA) is 73.3 Å². The molecule has 3 heterocycles. The van der Waals surface area contributed by atoms with Gasteiger partial charge >= 0.3 is 0 Å². The third kappa shape index (κ3) is 2.43. The van der Waals surface area contributed by atoms with E-state index in [9.17, 15) is 0 Å². The molecule has 4 aromatic rings. The lowest BCUT2D eigenvalue weighted by Crippen LogP contribution is -2.16. The highest BCUT2D eigenvalue weighted by atomic mass is 16.5. The first-order valence-electron chi connectivity index (χ1n) is 7.28. The second kappa shape index (κ2) is 5.73. The molecule has 0 aliphatic heterocycles. The van der Waals surface area contributed by atoms with Crippen LogP contribution >= 0.6 is 0 Å². The van der Waals surface area contributed by atoms with E-state index < -0.39 is 0 Å². The molecule has 0 aliphatic rings. The summed E-state index contributed by atoms with van der Waals surface area (Å²) in [7, 11) is 1.65. The van der Waals surface area contributed by atoms with Gasteiger partial charge in [-0.15, -0.1) is 0 Å². The number of nitrogens with one attached hydrogen (secondary N) is 1. The minimum Gasteiger partial charge on any atom is -0.467 e. The summed E-state index contributed by atoms with van der Waals surface area (Å²) in [5.74, 6) is 1.39. The standard InChI is InChI=1S/C17H15N3O3/c1-21-9-12(14-7-4-8-22-14)20-17-16-15(18-10-19-17)11-5-2-3-6-13(11)23-16/h2-8,10,12H,9H2,1H3,(H,18,19,20). The molecule has 0 spiro atoms. The van der Waals surface area contributed by atoms with Gasteiger partial charge in [-0.05, 0) is 24.3 Å². The predicted molar refractivity (Wildman–Crippen MR) is 86.3 cm³/mol. The maximum atomic E-state index is 5.92. The van der Waals surface area contributed by atoms with Gasteiger partial charge < -0.3 is 18.9 Å². The SMILES string of the molecule is COCC(Nc1ncnc2c1oc1ccccc12)c1ccco1. The molecule has 6 nitrogen and oxygen atoms in total. The number of benzene rings is 1. The Labute approximate surface area is 132 Å². The minimum atomic E-state index is -0.165. The first-order chi connectivity index (χ1) is 11.4. The third-order valence-electron chi connectivity index (χ3n) is 3.69. The number of para-hydroxylation sites is 1. The molecule has 0 aliphatic carbocycles. The molecule has 0 amide bonds. The quantitative estimate of drug-likeness (QED) is 0.605. The van der Waals surface area contributed by atoms with Gasteiger partial charge in [0.15, 0.2) is 11.4 Å². The normalized spacial score (nSPS) is 12.7. The Bertz CT molecular complexity index is 931. The second-order valence-corrected chi connectivity index (χ2v) is 5.17. The van der Waals surface area contributed by atoms with Crippen LogP contribution in [0.1, 0.15) is 11.8 Å². The fraction of sp³-hybridized carbons (Fsp3) is 0.176. The van der Waals surface area contributed by atoms with E-state index >= 15 is 0 Å². The van der Waals surface area contributed by atoms with Crippen LogP contribution in [0.5, 0.6) is 0 Å². The van der Waals surface area contributed by atoms with Crippen molar-refractivity contribution in [2.45, 2.75) is 6.04 Å². The van der Waals surface area contributed by atoms with Crippen molar-refractivity contribution >= 4 is 27.9 Å². The predicted octanol–water partition coefficient (Wildman–Crippen LogP) is 3.77. The average molecular weight is 309 g/mol. The van der Waals surface area contributed by atoms with E-state index in [1.165, 1.54) is 6.33 Å². The number of ether oxygens (including phenoxy) is 1. The highest BCUT2D eigenvalue weighted by molar-refractivity contribution is 6.05. The van der Waals surface area contributed by atoms with Gasteiger partial charge in [0.25, 0.3) is 0 Å². The molecule has 3 aromatic heterocycles. The zero-order valence-electron chi connectivity index (χ0n) is 12.5. The van der Waals surface area contributed by atoms with Crippen LogP contribution < -0.4 is 5.32 Å². The van der Waals surface area contributed by atoms with Crippen molar-refractivity contribution in [3.8, 4) is 0 Å². The highest BCUT2D eigenvalue weighted by Gasteiger charge is 2.19. The van der Waals surface area contributed by atoms with E-state index in [0.29, 0.717) is 18.0 Å². The van der Waals surface area contributed by atoms with E-state index in [4.69, 9.17) is 13.6 Å². The van der Waals surface area contributed by atoms with Gasteiger partial charge in [-0.25, -0.2) is 9.97 Å². The fourth-order valence-electron chi connectivity index (χ4n) is 2.64. The van der Waals surface area contributed by atoms with E-state index in [1.807, 2.05) is 36.4 Å². The first kappa shape index (κ1) is 13.8. The maximum absolute atomic E-state index is 5.92. The number of hydrogen-bond acceptors (Lipinski definition) is 6. The monoisotopic (exact) mass is 309 g/mol. The number of nitrogens with zero attached hydrogens (tertiary/aromatic N) is 2. The third-order valence-corrected chi connectivity index (χ3v) is 3.69. The molecule has 23 heavy (non-hydrogen) atoms. The number of aromatic nitrogens is 2. The molecule has 1 unspecified atom stereocenters. The molecule has 0 fully saturated rings. The molecule has 1 N–H and O–H groups in total. The van der Waals surface area contributed by atoms with Gasteiger partial charge in [-0.2, -0.15) is 0 Å². The number of furan rings is 2. The highest BCUT2D eigenvalue weighted by Crippen LogP contribution is 2.32. The summed E-state index contributed by atoms with van der Waals surface area (Å²) in [4.78, 5) is 8.67. The van der Waals surface area contributed by atoms with Crippen LogP contribution in [0.25, 0.3) is 22.1 Å². The van der Waals surface area contributed by atoms with Crippen molar-refractivity contribution < 1.29 is 13.6 Å². The molecule has 0 saturated carbocycles. The first-order valence-corrected chi connectivity index (χ1v) is 7.28. The Morgan fingerprint density at radius 3 is 2.91 bits per heavy atom. The molecule has 116 valence electrons. The smallest absolute Gasteiger partial charge is 0.196 e. The molecule has 6 heteroatoms. The minimum absolute atomic E-state index is 0.165. The van der Waals surface area contributed by atoms with Crippen molar-refractivity contribution in [3.05, 3.63) is 54.7 Å². The zero-order valence-corrected chi connectivity index (χ0v) is 12.5. The lowest BCUT2D eigenvalue weighted by Gasteiger charge is -2.16. The largest absolute Gasteiger partial charge is 0.467 e. The maximum Gasteiger partial charge on any atom is 0.196 e. The van der Waals surface area contributed by atoms with Crippen LogP contribution in [0.4, 0.5) is 5.82 Å². The van der Waals surface area contributed by atoms with Gasteiger partial charge in [0.2, 0.25) is 0 Å². The van der Waals surface area contributed by atoms with E-state index in [2.05, 4.69) is 15.3 Å². The van der Waals surface area contributed by atoms with Gasteiger partial charge in [0, 0.05) is 12.5 Å². The lowest BCUT2D eigenvalue weighted by molar-refractivity contribution is 0.178. The molecule has 0 saturated heterocycles. The summed E-state index contributed by atoms with van der Waals surface area (Å²) in [5, 5.41) is 4.29. The van der Waals surface area contributed by atoms with Crippen LogP contribution in [0.3, 0.4) is 0 Å². The summed E-state index contributed by atoms with van der Waals surface area (Å²) in [6, 6.07) is 11.4. The van der Waals surface area contributed by atoms with Crippen LogP contribution in [0, 0.1) is 0 Å². The van der Waals surface area contributed by atoms with E-state index in [0.717, 1.165) is 22.2 Å². The second-order valence-electron chi connectivity index (χ2n) is 5.17. The summed E-state index contributed by atoms with van der Waals surface area (Å²) >= 11 is 0. The summed E-state index contributed by atoms with van der Waals surface area (Å²) < 4.78 is 16.7.